The molecule has 0 heterocycles. The van der Waals surface area contributed by atoms with Crippen LogP contribution in [-0.2, 0) is 0 Å². The van der Waals surface area contributed by atoms with Gasteiger partial charge in [0.05, 0.1) is 13.0 Å². The third kappa shape index (κ3) is 2.94. The Bertz CT molecular complexity index is 148. The highest BCUT2D eigenvalue weighted by Crippen LogP contribution is 1.91. The molecule has 0 saturated carbocycles. The van der Waals surface area contributed by atoms with Gasteiger partial charge in [-0.05, 0) is 12.2 Å². The molecule has 0 N–H and O–H groups in total. The molecular formula is C2B7S. The third-order valence-electron chi connectivity index (χ3n) is 1.04. The predicted octanol–water partition coefficient (Wildman–Crippen LogP) is -2.14. The lowest BCUT2D eigenvalue weighted by Gasteiger charge is -2.11. The molecule has 0 nitrogen and oxygen atoms in total. The highest BCUT2D eigenvalue weighted by atomic mass is 32.1. The lowest BCUT2D eigenvalue weighted by atomic mass is 8.94. The van der Waals surface area contributed by atoms with Crippen molar-refractivity contribution in [2.75, 3.05) is 0 Å². The van der Waals surface area contributed by atoms with E-state index in [0.29, 0.717) is 5.37 Å². The van der Waals surface area contributed by atoms with Crippen molar-refractivity contribution in [2.24, 2.45) is 0 Å². The summed E-state index contributed by atoms with van der Waals surface area (Å²) in [7, 11) is 22.4. The molecule has 0 aromatic heterocycles. The molecule has 0 rings (SSSR count). The van der Waals surface area contributed by atoms with E-state index < -0.39 is 13.0 Å². The molecule has 0 aromatic rings. The minimum absolute atomic E-state index is 0.442. The molecule has 0 fully saturated rings. The van der Waals surface area contributed by atoms with Crippen molar-refractivity contribution in [3.63, 3.8) is 0 Å². The van der Waals surface area contributed by atoms with Crippen molar-refractivity contribution < 1.29 is 0 Å². The van der Waals surface area contributed by atoms with Gasteiger partial charge in [0, 0.05) is 38.0 Å². The number of rotatable bonds is 3. The molecular weight excluding hydrogens is 132 g/mol. The molecule has 0 aliphatic heterocycles. The Morgan fingerprint density at radius 2 is 1.90 bits per heavy atom. The molecule has 0 aromatic carbocycles. The summed E-state index contributed by atoms with van der Waals surface area (Å²) in [5.41, 5.74) is 0. The fraction of sp³-hybridized carbons (Fsp3) is 0. The second-order valence-corrected chi connectivity index (χ2v) is 2.01. The topological polar surface area (TPSA) is 0 Å². The van der Waals surface area contributed by atoms with Gasteiger partial charge in [0.2, 0.25) is 0 Å². The van der Waals surface area contributed by atoms with Gasteiger partial charge in [-0.2, -0.15) is 0 Å². The largest absolute Gasteiger partial charge is 0.116 e. The van der Waals surface area contributed by atoms with Crippen molar-refractivity contribution in [3.05, 3.63) is 5.37 Å². The second-order valence-electron chi connectivity index (χ2n) is 1.80. The molecule has 0 aliphatic carbocycles. The van der Waals surface area contributed by atoms with Crippen LogP contribution in [0.15, 0.2) is 5.37 Å². The summed E-state index contributed by atoms with van der Waals surface area (Å²) in [6.45, 7) is -1.16. The minimum atomic E-state index is -0.674. The molecule has 9 radical (unpaired) electrons. The first-order valence-corrected chi connectivity index (χ1v) is 3.11. The molecule has 0 bridgehead atoms. The number of hydrogen-bond donors (Lipinski definition) is 0. The van der Waals surface area contributed by atoms with Gasteiger partial charge < -0.3 is 0 Å². The van der Waals surface area contributed by atoms with Crippen molar-refractivity contribution in [1.82, 2.24) is 0 Å². The normalized spacial score (nSPS) is 7.60. The van der Waals surface area contributed by atoms with E-state index in [-0.39, 0.29) is 0 Å². The average Bonchev–Trinajstić information content (AvgIpc) is 1.88. The molecule has 35 valence electrons. The fourth-order valence-corrected chi connectivity index (χ4v) is 0.734. The Morgan fingerprint density at radius 1 is 1.40 bits per heavy atom. The van der Waals surface area contributed by atoms with Crippen LogP contribution in [0.3, 0.4) is 0 Å². The van der Waals surface area contributed by atoms with E-state index in [1.165, 1.54) is 7.06 Å². The third-order valence-corrected chi connectivity index (χ3v) is 1.28. The standard InChI is InChI=1S/C2B7S/c3-7-9(6)2(1-10)8(4)5. The van der Waals surface area contributed by atoms with E-state index in [1.807, 2.05) is 0 Å². The van der Waals surface area contributed by atoms with Crippen LogP contribution < -0.4 is 0 Å². The molecule has 0 unspecified atom stereocenters. The first-order chi connectivity index (χ1) is 4.63. The van der Waals surface area contributed by atoms with Gasteiger partial charge in [0.25, 0.3) is 0 Å². The van der Waals surface area contributed by atoms with Crippen LogP contribution in [0.4, 0.5) is 0 Å². The smallest absolute Gasteiger partial charge is 0.0733 e. The first kappa shape index (κ1) is 10.3. The van der Waals surface area contributed by atoms with Crippen LogP contribution in [0.5, 0.6) is 0 Å². The highest BCUT2D eigenvalue weighted by molar-refractivity contribution is 7.79. The summed E-state index contributed by atoms with van der Waals surface area (Å²) in [4.78, 5) is 0. The Hall–Kier alpha value is 0.325. The second kappa shape index (κ2) is 5.04. The van der Waals surface area contributed by atoms with E-state index in [1.54, 1.807) is 0 Å². The van der Waals surface area contributed by atoms with Gasteiger partial charge in [0.15, 0.2) is 0 Å². The maximum atomic E-state index is 5.42. The van der Waals surface area contributed by atoms with Crippen LogP contribution in [0.1, 0.15) is 0 Å². The molecule has 0 amide bonds. The average molecular weight is 132 g/mol. The summed E-state index contributed by atoms with van der Waals surface area (Å²) in [5, 5.41) is 2.81. The number of hydrogen-bond acceptors (Lipinski definition) is 1. The number of thiocarbonyl (C=S) groups is 1. The molecule has 0 aliphatic rings. The fourth-order valence-electron chi connectivity index (χ4n) is 0.462. The van der Waals surface area contributed by atoms with E-state index in [9.17, 15) is 0 Å². The maximum absolute atomic E-state index is 5.42. The van der Waals surface area contributed by atoms with Gasteiger partial charge in [-0.25, -0.2) is 0 Å². The maximum Gasteiger partial charge on any atom is 0.0733 e. The lowest BCUT2D eigenvalue weighted by Crippen LogP contribution is -2.37. The Labute approximate surface area is 73.9 Å². The molecule has 0 saturated heterocycles. The summed E-state index contributed by atoms with van der Waals surface area (Å²) in [6.07, 6.45) is 0. The molecule has 8 heteroatoms. The van der Waals surface area contributed by atoms with Crippen LogP contribution >= 0.6 is 12.2 Å². The zero-order valence-corrected chi connectivity index (χ0v) is 6.27. The zero-order valence-electron chi connectivity index (χ0n) is 5.45. The van der Waals surface area contributed by atoms with Crippen LogP contribution in [0.2, 0.25) is 0 Å². The first-order valence-electron chi connectivity index (χ1n) is 2.70. The summed E-state index contributed by atoms with van der Waals surface area (Å²) in [5.74, 6) is 0. The van der Waals surface area contributed by atoms with Gasteiger partial charge in [-0.3, -0.25) is 0 Å². The van der Waals surface area contributed by atoms with Gasteiger partial charge in [0.1, 0.15) is 0 Å². The van der Waals surface area contributed by atoms with E-state index >= 15 is 0 Å². The highest BCUT2D eigenvalue weighted by Gasteiger charge is 2.12. The van der Waals surface area contributed by atoms with E-state index in [4.69, 9.17) is 30.9 Å². The van der Waals surface area contributed by atoms with Crippen LogP contribution in [0.25, 0.3) is 0 Å². The zero-order chi connectivity index (χ0) is 8.15. The van der Waals surface area contributed by atoms with Gasteiger partial charge in [-0.15, -0.1) is 5.37 Å². The van der Waals surface area contributed by atoms with Crippen molar-refractivity contribution >= 4 is 68.2 Å². The van der Waals surface area contributed by atoms with Crippen molar-refractivity contribution in [3.8, 4) is 0 Å². The van der Waals surface area contributed by atoms with Crippen molar-refractivity contribution in [1.29, 1.82) is 0 Å². The van der Waals surface area contributed by atoms with Crippen LogP contribution in [0, 0.1) is 0 Å². The predicted molar refractivity (Wildman–Crippen MR) is 56.4 cm³/mol. The Morgan fingerprint density at radius 3 is 2.00 bits per heavy atom. The minimum Gasteiger partial charge on any atom is -0.116 e. The van der Waals surface area contributed by atoms with E-state index in [2.05, 4.69) is 17.2 Å². The van der Waals surface area contributed by atoms with Crippen LogP contribution in [-0.4, -0.2) is 56.0 Å². The lowest BCUT2D eigenvalue weighted by molar-refractivity contribution is 2.53. The monoisotopic (exact) mass is 133 g/mol. The molecule has 10 heavy (non-hydrogen) atoms. The van der Waals surface area contributed by atoms with Gasteiger partial charge >= 0.3 is 0 Å². The quantitative estimate of drug-likeness (QED) is 0.311. The SMILES string of the molecule is [B][B]B([B])C(=C=S)B([B])[B]. The van der Waals surface area contributed by atoms with Crippen molar-refractivity contribution in [2.45, 2.75) is 0 Å². The summed E-state index contributed by atoms with van der Waals surface area (Å²) >= 11 is 4.49. The van der Waals surface area contributed by atoms with E-state index in [0.717, 1.165) is 0 Å². The van der Waals surface area contributed by atoms with Gasteiger partial charge in [-0.1, -0.05) is 5.02 Å². The Balaban J connectivity index is 4.23. The molecule has 0 atom stereocenters. The summed E-state index contributed by atoms with van der Waals surface area (Å²) in [6, 6.07) is 0. The Kier molecular flexibility index (Phi) is 5.20. The molecule has 0 spiro atoms. The summed E-state index contributed by atoms with van der Waals surface area (Å²) < 4.78 is 0.